The van der Waals surface area contributed by atoms with Crippen LogP contribution in [0.3, 0.4) is 0 Å². The number of nitrogens with zero attached hydrogens (tertiary/aromatic N) is 5. The topological polar surface area (TPSA) is 104 Å². The van der Waals surface area contributed by atoms with Crippen molar-refractivity contribution < 1.29 is 28.5 Å². The van der Waals surface area contributed by atoms with Crippen LogP contribution in [0.2, 0.25) is 0 Å². The van der Waals surface area contributed by atoms with E-state index in [1.165, 1.54) is 25.0 Å². The summed E-state index contributed by atoms with van der Waals surface area (Å²) in [6.45, 7) is 6.18. The predicted molar refractivity (Wildman–Crippen MR) is 196 cm³/mol. The molecule has 52 heavy (non-hydrogen) atoms. The van der Waals surface area contributed by atoms with Crippen LogP contribution >= 0.6 is 0 Å². The maximum atomic E-state index is 17.1. The summed E-state index contributed by atoms with van der Waals surface area (Å²) >= 11 is 0. The van der Waals surface area contributed by atoms with Crippen LogP contribution in [0.15, 0.2) is 30.5 Å². The van der Waals surface area contributed by atoms with Crippen LogP contribution in [0.25, 0.3) is 32.9 Å². The molecule has 4 aromatic rings. The number of phenols is 1. The van der Waals surface area contributed by atoms with E-state index in [0.29, 0.717) is 89.9 Å². The molecule has 5 fully saturated rings. The number of pyridine rings is 1. The number of aromatic nitrogens is 3. The minimum absolute atomic E-state index is 0.0299. The third kappa shape index (κ3) is 5.87. The largest absolute Gasteiger partial charge is 0.508 e. The average Bonchev–Trinajstić information content (AvgIpc) is 3.72. The summed E-state index contributed by atoms with van der Waals surface area (Å²) in [6.07, 6.45) is 14.2. The summed E-state index contributed by atoms with van der Waals surface area (Å²) in [5.74, 6) is -0.679. The van der Waals surface area contributed by atoms with Crippen LogP contribution in [-0.4, -0.2) is 86.2 Å². The molecule has 2 unspecified atom stereocenters. The number of β-amino-alcohol motifs (C(OH)–C–C–N with tert-alkyl or cyclic N) is 1. The summed E-state index contributed by atoms with van der Waals surface area (Å²) in [4.78, 5) is 19.0. The molecule has 1 aliphatic carbocycles. The van der Waals surface area contributed by atoms with E-state index in [2.05, 4.69) is 9.88 Å². The van der Waals surface area contributed by atoms with Crippen molar-refractivity contribution in [2.75, 3.05) is 31.1 Å². The van der Waals surface area contributed by atoms with Crippen LogP contribution in [0, 0.1) is 17.0 Å². The molecule has 2 bridgehead atoms. The van der Waals surface area contributed by atoms with Gasteiger partial charge in [0.25, 0.3) is 0 Å². The summed E-state index contributed by atoms with van der Waals surface area (Å²) < 4.78 is 45.0. The number of phenolic OH excluding ortho intramolecular Hbond substituents is 1. The molecule has 9 nitrogen and oxygen atoms in total. The van der Waals surface area contributed by atoms with Gasteiger partial charge in [-0.1, -0.05) is 19.4 Å². The molecule has 11 heteroatoms. The number of benzene rings is 2. The van der Waals surface area contributed by atoms with Crippen LogP contribution in [0.1, 0.15) is 90.0 Å². The van der Waals surface area contributed by atoms with E-state index in [1.807, 2.05) is 18.7 Å². The van der Waals surface area contributed by atoms with Crippen LogP contribution in [0.4, 0.5) is 14.6 Å². The molecule has 1 saturated carbocycles. The lowest BCUT2D eigenvalue weighted by Crippen LogP contribution is -2.57. The normalized spacial score (nSPS) is 30.7. The van der Waals surface area contributed by atoms with Crippen molar-refractivity contribution >= 4 is 27.5 Å². The van der Waals surface area contributed by atoms with Crippen molar-refractivity contribution in [3.05, 3.63) is 47.7 Å². The van der Waals surface area contributed by atoms with Crippen molar-refractivity contribution in [1.29, 1.82) is 0 Å². The maximum absolute atomic E-state index is 17.1. The predicted octanol–water partition coefficient (Wildman–Crippen LogP) is 7.47. The summed E-state index contributed by atoms with van der Waals surface area (Å²) in [6, 6.07) is 7.02. The highest BCUT2D eigenvalue weighted by Gasteiger charge is 2.51. The SMILES string of the molecule is CCc1c(F)ccc2cc(O)cc(-c3ncc4c(N5CCC[C@@](C)(O)C5)nc(OC[C@]56CCC[C@H]5N(C5CC7CCC(C5)O7)CCC6)nc4c3F)c12. The molecule has 2 aromatic carbocycles. The molecular weight excluding hydrogens is 664 g/mol. The molecule has 2 aromatic heterocycles. The van der Waals surface area contributed by atoms with E-state index in [1.54, 1.807) is 18.3 Å². The first-order chi connectivity index (χ1) is 25.1. The van der Waals surface area contributed by atoms with E-state index in [9.17, 15) is 10.2 Å². The van der Waals surface area contributed by atoms with Gasteiger partial charge in [0, 0.05) is 42.3 Å². The van der Waals surface area contributed by atoms with E-state index in [4.69, 9.17) is 19.4 Å². The highest BCUT2D eigenvalue weighted by Crippen LogP contribution is 2.50. The second kappa shape index (κ2) is 13.0. The highest BCUT2D eigenvalue weighted by molar-refractivity contribution is 6.01. The van der Waals surface area contributed by atoms with Gasteiger partial charge >= 0.3 is 6.01 Å². The molecule has 9 rings (SSSR count). The Morgan fingerprint density at radius 2 is 1.79 bits per heavy atom. The Morgan fingerprint density at radius 1 is 1.00 bits per heavy atom. The van der Waals surface area contributed by atoms with E-state index >= 15 is 8.78 Å². The fraction of sp³-hybridized carbons (Fsp3) is 0.585. The molecule has 0 spiro atoms. The molecule has 5 aliphatic rings. The van der Waals surface area contributed by atoms with Gasteiger partial charge in [0.15, 0.2) is 5.82 Å². The zero-order chi connectivity index (χ0) is 35.8. The fourth-order valence-electron chi connectivity index (χ4n) is 10.6. The minimum atomic E-state index is -0.936. The number of ether oxygens (including phenoxy) is 2. The molecule has 0 radical (unpaired) electrons. The number of anilines is 1. The second-order valence-corrected chi connectivity index (χ2v) is 16.5. The van der Waals surface area contributed by atoms with Gasteiger partial charge in [-0.05, 0) is 119 Å². The number of piperidine rings is 2. The Hall–Kier alpha value is -3.67. The smallest absolute Gasteiger partial charge is 0.319 e. The summed E-state index contributed by atoms with van der Waals surface area (Å²) in [5.41, 5.74) is -0.231. The Labute approximate surface area is 303 Å². The molecule has 2 N–H and O–H groups in total. The average molecular weight is 714 g/mol. The number of aliphatic hydroxyl groups is 1. The molecular formula is C41H49F2N5O4. The van der Waals surface area contributed by atoms with Gasteiger partial charge in [0.1, 0.15) is 28.6 Å². The standard InChI is InChI=1S/C41H49F2N5O4/c1-3-29-32(42)11-8-24-17-26(49)20-30(34(24)29)36-35(43)37-31(21-44-36)38(47-15-5-12-40(2,50)22-47)46-39(45-37)51-23-41-13-4-7-33(41)48(16-6-14-41)25-18-27-9-10-28(19-25)52-27/h8,11,17,20-21,25,27-28,33,49-50H,3-7,9-10,12-16,18-19,22-23H2,1-2H3/t25?,27?,28?,33-,40-,41-/m1/s1. The molecule has 4 aliphatic heterocycles. The number of hydrogen-bond donors (Lipinski definition) is 2. The molecule has 4 saturated heterocycles. The van der Waals surface area contributed by atoms with Crippen LogP contribution in [-0.2, 0) is 11.2 Å². The molecule has 5 atom stereocenters. The number of fused-ring (bicyclic) bond motifs is 5. The lowest BCUT2D eigenvalue weighted by atomic mass is 9.74. The summed E-state index contributed by atoms with van der Waals surface area (Å²) in [7, 11) is 0. The summed E-state index contributed by atoms with van der Waals surface area (Å²) in [5, 5.41) is 23.3. The highest BCUT2D eigenvalue weighted by atomic mass is 19.1. The Bertz CT molecular complexity index is 2020. The zero-order valence-corrected chi connectivity index (χ0v) is 30.2. The Morgan fingerprint density at radius 3 is 2.58 bits per heavy atom. The third-order valence-corrected chi connectivity index (χ3v) is 13.0. The van der Waals surface area contributed by atoms with E-state index in [-0.39, 0.29) is 28.4 Å². The third-order valence-electron chi connectivity index (χ3n) is 13.0. The van der Waals surface area contributed by atoms with Crippen LogP contribution in [0.5, 0.6) is 11.8 Å². The first kappa shape index (κ1) is 34.1. The van der Waals surface area contributed by atoms with Gasteiger partial charge < -0.3 is 24.6 Å². The second-order valence-electron chi connectivity index (χ2n) is 16.5. The van der Waals surface area contributed by atoms with Gasteiger partial charge in [-0.2, -0.15) is 9.97 Å². The van der Waals surface area contributed by atoms with Crippen molar-refractivity contribution in [3.8, 4) is 23.0 Å². The van der Waals surface area contributed by atoms with Gasteiger partial charge in [0.2, 0.25) is 0 Å². The fourth-order valence-corrected chi connectivity index (χ4v) is 10.6. The van der Waals surface area contributed by atoms with Crippen molar-refractivity contribution in [3.63, 3.8) is 0 Å². The van der Waals surface area contributed by atoms with Gasteiger partial charge in [-0.25, -0.2) is 8.78 Å². The van der Waals surface area contributed by atoms with Gasteiger partial charge in [-0.3, -0.25) is 9.88 Å². The minimum Gasteiger partial charge on any atom is -0.508 e. The lowest BCUT2D eigenvalue weighted by molar-refractivity contribution is -0.0798. The quantitative estimate of drug-likeness (QED) is 0.202. The van der Waals surface area contributed by atoms with Crippen molar-refractivity contribution in [1.82, 2.24) is 19.9 Å². The maximum Gasteiger partial charge on any atom is 0.319 e. The number of halogens is 2. The number of likely N-dealkylation sites (tertiary alicyclic amines) is 1. The zero-order valence-electron chi connectivity index (χ0n) is 30.2. The van der Waals surface area contributed by atoms with Crippen molar-refractivity contribution in [2.45, 2.75) is 121 Å². The first-order valence-electron chi connectivity index (χ1n) is 19.4. The number of rotatable bonds is 7. The molecule has 276 valence electrons. The van der Waals surface area contributed by atoms with Crippen LogP contribution < -0.4 is 9.64 Å². The van der Waals surface area contributed by atoms with Gasteiger partial charge in [0.05, 0.1) is 29.8 Å². The Kier molecular flexibility index (Phi) is 8.54. The van der Waals surface area contributed by atoms with Crippen molar-refractivity contribution in [2.24, 2.45) is 5.41 Å². The number of aryl methyl sites for hydroxylation is 1. The molecule has 0 amide bonds. The monoisotopic (exact) mass is 713 g/mol. The lowest BCUT2D eigenvalue weighted by Gasteiger charge is -2.50. The number of hydrogen-bond acceptors (Lipinski definition) is 9. The Balaban J connectivity index is 1.11. The molecule has 6 heterocycles. The first-order valence-corrected chi connectivity index (χ1v) is 19.4. The van der Waals surface area contributed by atoms with E-state index < -0.39 is 17.2 Å². The van der Waals surface area contributed by atoms with Gasteiger partial charge in [-0.15, -0.1) is 0 Å². The number of aromatic hydroxyl groups is 1. The van der Waals surface area contributed by atoms with E-state index in [0.717, 1.165) is 57.9 Å².